The predicted molar refractivity (Wildman–Crippen MR) is 121 cm³/mol. The van der Waals surface area contributed by atoms with Gasteiger partial charge in [0.1, 0.15) is 0 Å². The van der Waals surface area contributed by atoms with Crippen LogP contribution in [0, 0.1) is 6.92 Å². The maximum Gasteiger partial charge on any atom is 0.254 e. The lowest BCUT2D eigenvalue weighted by atomic mass is 10.1. The number of sulfone groups is 1. The van der Waals surface area contributed by atoms with E-state index in [0.717, 1.165) is 42.1 Å². The number of anilines is 2. The monoisotopic (exact) mass is 447 g/mol. The average molecular weight is 448 g/mol. The molecular weight excluding hydrogens is 422 g/mol. The van der Waals surface area contributed by atoms with Gasteiger partial charge in [-0.1, -0.05) is 6.07 Å². The fourth-order valence-corrected chi connectivity index (χ4v) is 4.70. The van der Waals surface area contributed by atoms with Crippen LogP contribution >= 0.6 is 11.8 Å². The minimum absolute atomic E-state index is 0.0202. The molecule has 7 nitrogen and oxygen atoms in total. The Hall–Kier alpha value is -2.52. The van der Waals surface area contributed by atoms with Gasteiger partial charge in [-0.05, 0) is 48.9 Å². The third-order valence-corrected chi connectivity index (χ3v) is 6.94. The molecule has 0 saturated carbocycles. The molecule has 9 heteroatoms. The Bertz CT molecular complexity index is 1030. The van der Waals surface area contributed by atoms with Gasteiger partial charge in [-0.3, -0.25) is 9.59 Å². The molecule has 30 heavy (non-hydrogen) atoms. The lowest BCUT2D eigenvalue weighted by molar-refractivity contribution is -0.114. The van der Waals surface area contributed by atoms with Crippen LogP contribution in [0.3, 0.4) is 0 Å². The first kappa shape index (κ1) is 22.2. The Balaban J connectivity index is 1.61. The first-order valence-corrected chi connectivity index (χ1v) is 12.6. The normalized spacial score (nSPS) is 14.3. The summed E-state index contributed by atoms with van der Waals surface area (Å²) in [6.07, 6.45) is 1.13. The Morgan fingerprint density at radius 3 is 2.37 bits per heavy atom. The Labute approximate surface area is 181 Å². The van der Waals surface area contributed by atoms with E-state index in [4.69, 9.17) is 0 Å². The fourth-order valence-electron chi connectivity index (χ4n) is 3.16. The van der Waals surface area contributed by atoms with Gasteiger partial charge in [-0.25, -0.2) is 8.42 Å². The molecule has 0 aliphatic carbocycles. The van der Waals surface area contributed by atoms with Gasteiger partial charge in [0.15, 0.2) is 9.84 Å². The van der Waals surface area contributed by atoms with Crippen molar-refractivity contribution in [1.82, 2.24) is 4.90 Å². The molecule has 2 aromatic rings. The van der Waals surface area contributed by atoms with Gasteiger partial charge in [-0.15, -0.1) is 0 Å². The largest absolute Gasteiger partial charge is 0.376 e. The van der Waals surface area contributed by atoms with E-state index in [0.29, 0.717) is 11.3 Å². The van der Waals surface area contributed by atoms with Crippen molar-refractivity contribution in [2.75, 3.05) is 48.0 Å². The van der Waals surface area contributed by atoms with E-state index in [1.807, 2.05) is 41.8 Å². The summed E-state index contributed by atoms with van der Waals surface area (Å²) >= 11 is 1.85. The average Bonchev–Trinajstić information content (AvgIpc) is 2.73. The number of nitrogens with one attached hydrogen (secondary N) is 2. The van der Waals surface area contributed by atoms with Crippen LogP contribution in [0.15, 0.2) is 47.4 Å². The molecule has 0 unspecified atom stereocenters. The molecule has 1 fully saturated rings. The van der Waals surface area contributed by atoms with E-state index in [-0.39, 0.29) is 23.3 Å². The molecule has 2 aromatic carbocycles. The summed E-state index contributed by atoms with van der Waals surface area (Å²) in [6.45, 7) is 3.39. The molecule has 0 atom stereocenters. The van der Waals surface area contributed by atoms with Gasteiger partial charge in [0.2, 0.25) is 5.91 Å². The minimum atomic E-state index is -3.28. The van der Waals surface area contributed by atoms with Crippen molar-refractivity contribution in [1.29, 1.82) is 0 Å². The Morgan fingerprint density at radius 2 is 1.73 bits per heavy atom. The van der Waals surface area contributed by atoms with Gasteiger partial charge < -0.3 is 15.5 Å². The maximum atomic E-state index is 12.8. The molecule has 0 radical (unpaired) electrons. The van der Waals surface area contributed by atoms with E-state index in [2.05, 4.69) is 10.6 Å². The van der Waals surface area contributed by atoms with Crippen molar-refractivity contribution in [3.63, 3.8) is 0 Å². The molecule has 1 heterocycles. The SMILES string of the molecule is Cc1c(NCC(=O)Nc2ccc(S(C)(=O)=O)cc2)cccc1C(=O)N1CCSCC1. The first-order chi connectivity index (χ1) is 14.3. The summed E-state index contributed by atoms with van der Waals surface area (Å²) in [6, 6.07) is 11.5. The third kappa shape index (κ3) is 5.54. The third-order valence-electron chi connectivity index (χ3n) is 4.87. The molecule has 0 aromatic heterocycles. The number of amides is 2. The summed E-state index contributed by atoms with van der Waals surface area (Å²) in [5, 5.41) is 5.81. The number of hydrogen-bond acceptors (Lipinski definition) is 6. The minimum Gasteiger partial charge on any atom is -0.376 e. The molecule has 0 bridgehead atoms. The second kappa shape index (κ2) is 9.53. The highest BCUT2D eigenvalue weighted by Crippen LogP contribution is 2.22. The van der Waals surface area contributed by atoms with Crippen molar-refractivity contribution < 1.29 is 18.0 Å². The summed E-state index contributed by atoms with van der Waals surface area (Å²) < 4.78 is 23.0. The molecule has 1 aliphatic rings. The van der Waals surface area contributed by atoms with Gasteiger partial charge in [0, 0.05) is 47.8 Å². The summed E-state index contributed by atoms with van der Waals surface area (Å²) in [7, 11) is -3.28. The summed E-state index contributed by atoms with van der Waals surface area (Å²) in [5.41, 5.74) is 2.70. The van der Waals surface area contributed by atoms with E-state index in [9.17, 15) is 18.0 Å². The number of nitrogens with zero attached hydrogens (tertiary/aromatic N) is 1. The molecule has 0 spiro atoms. The Kier molecular flexibility index (Phi) is 7.04. The maximum absolute atomic E-state index is 12.8. The highest BCUT2D eigenvalue weighted by molar-refractivity contribution is 7.99. The van der Waals surface area contributed by atoms with Crippen LogP contribution in [0.25, 0.3) is 0 Å². The van der Waals surface area contributed by atoms with E-state index >= 15 is 0 Å². The number of hydrogen-bond donors (Lipinski definition) is 2. The zero-order valence-electron chi connectivity index (χ0n) is 17.0. The van der Waals surface area contributed by atoms with E-state index in [1.54, 1.807) is 12.1 Å². The van der Waals surface area contributed by atoms with Crippen molar-refractivity contribution in [3.8, 4) is 0 Å². The lowest BCUT2D eigenvalue weighted by Gasteiger charge is -2.27. The van der Waals surface area contributed by atoms with Crippen LogP contribution in [0.5, 0.6) is 0 Å². The van der Waals surface area contributed by atoms with Crippen molar-refractivity contribution in [3.05, 3.63) is 53.6 Å². The summed E-state index contributed by atoms with van der Waals surface area (Å²) in [4.78, 5) is 27.2. The zero-order chi connectivity index (χ0) is 21.7. The van der Waals surface area contributed by atoms with Crippen molar-refractivity contribution >= 4 is 44.8 Å². The number of carbonyl (C=O) groups excluding carboxylic acids is 2. The van der Waals surface area contributed by atoms with E-state index in [1.165, 1.54) is 12.1 Å². The Morgan fingerprint density at radius 1 is 1.07 bits per heavy atom. The molecular formula is C21H25N3O4S2. The van der Waals surface area contributed by atoms with Crippen molar-refractivity contribution in [2.45, 2.75) is 11.8 Å². The lowest BCUT2D eigenvalue weighted by Crippen LogP contribution is -2.38. The van der Waals surface area contributed by atoms with Crippen LogP contribution in [-0.4, -0.2) is 62.5 Å². The van der Waals surface area contributed by atoms with Crippen LogP contribution < -0.4 is 10.6 Å². The quantitative estimate of drug-likeness (QED) is 0.707. The molecule has 1 aliphatic heterocycles. The second-order valence-corrected chi connectivity index (χ2v) is 10.3. The standard InChI is InChI=1S/C21H25N3O4S2/c1-15-18(21(26)24-10-12-29-13-11-24)4-3-5-19(15)22-14-20(25)23-16-6-8-17(9-7-16)30(2,27)28/h3-9,22H,10-14H2,1-2H3,(H,23,25). The van der Waals surface area contributed by atoms with Crippen LogP contribution in [-0.2, 0) is 14.6 Å². The molecule has 2 amide bonds. The highest BCUT2D eigenvalue weighted by Gasteiger charge is 2.21. The predicted octanol–water partition coefficient (Wildman–Crippen LogP) is 2.64. The van der Waals surface area contributed by atoms with Crippen LogP contribution in [0.2, 0.25) is 0 Å². The smallest absolute Gasteiger partial charge is 0.254 e. The van der Waals surface area contributed by atoms with Crippen LogP contribution in [0.1, 0.15) is 15.9 Å². The highest BCUT2D eigenvalue weighted by atomic mass is 32.2. The first-order valence-electron chi connectivity index (χ1n) is 9.56. The van der Waals surface area contributed by atoms with Gasteiger partial charge in [0.05, 0.1) is 11.4 Å². The fraction of sp³-hybridized carbons (Fsp3) is 0.333. The number of benzene rings is 2. The molecule has 3 rings (SSSR count). The van der Waals surface area contributed by atoms with Crippen LogP contribution in [0.4, 0.5) is 11.4 Å². The second-order valence-electron chi connectivity index (χ2n) is 7.08. The molecule has 2 N–H and O–H groups in total. The number of thioether (sulfide) groups is 1. The van der Waals surface area contributed by atoms with Crippen molar-refractivity contribution in [2.24, 2.45) is 0 Å². The zero-order valence-corrected chi connectivity index (χ0v) is 18.6. The number of rotatable bonds is 6. The van der Waals surface area contributed by atoms with E-state index < -0.39 is 9.84 Å². The topological polar surface area (TPSA) is 95.6 Å². The van der Waals surface area contributed by atoms with Gasteiger partial charge in [0.25, 0.3) is 5.91 Å². The van der Waals surface area contributed by atoms with Gasteiger partial charge in [-0.2, -0.15) is 11.8 Å². The number of carbonyl (C=O) groups is 2. The summed E-state index contributed by atoms with van der Waals surface area (Å²) in [5.74, 6) is 1.65. The molecule has 160 valence electrons. The van der Waals surface area contributed by atoms with Gasteiger partial charge >= 0.3 is 0 Å². The molecule has 1 saturated heterocycles.